The van der Waals surface area contributed by atoms with Crippen LogP contribution in [0, 0.1) is 29.3 Å². The van der Waals surface area contributed by atoms with E-state index >= 15 is 0 Å². The maximum atomic E-state index is 14.5. The molecule has 0 radical (unpaired) electrons. The fourth-order valence-corrected chi connectivity index (χ4v) is 2.78. The van der Waals surface area contributed by atoms with Crippen LogP contribution in [0.4, 0.5) is 18.9 Å². The van der Waals surface area contributed by atoms with E-state index in [0.717, 1.165) is 0 Å². The summed E-state index contributed by atoms with van der Waals surface area (Å²) in [6.07, 6.45) is 0.521. The lowest BCUT2D eigenvalue weighted by atomic mass is 10.0. The minimum Gasteiger partial charge on any atom is -0.206 e. The summed E-state index contributed by atoms with van der Waals surface area (Å²) in [5.74, 6) is 3.15. The third-order valence-electron chi connectivity index (χ3n) is 4.16. The number of aryl methyl sites for hydroxylation is 1. The monoisotopic (exact) mass is 393 g/mol. The predicted molar refractivity (Wildman–Crippen MR) is 108 cm³/mol. The highest BCUT2D eigenvalue weighted by atomic mass is 32.1. The Morgan fingerprint density at radius 3 is 2.11 bits per heavy atom. The first-order valence-corrected chi connectivity index (χ1v) is 8.90. The second kappa shape index (κ2) is 8.67. The number of hydrogen-bond acceptors (Lipinski definition) is 2. The van der Waals surface area contributed by atoms with Gasteiger partial charge in [0.25, 0.3) is 0 Å². The molecule has 0 saturated carbocycles. The molecular weight excluding hydrogens is 379 g/mol. The highest BCUT2D eigenvalue weighted by Gasteiger charge is 2.09. The normalized spacial score (nSPS) is 10.0. The van der Waals surface area contributed by atoms with E-state index in [1.807, 2.05) is 6.92 Å². The van der Waals surface area contributed by atoms with Crippen molar-refractivity contribution in [2.75, 3.05) is 0 Å². The van der Waals surface area contributed by atoms with Crippen LogP contribution in [0.1, 0.15) is 23.6 Å². The first kappa shape index (κ1) is 19.6. The smallest absolute Gasteiger partial charge is 0.142 e. The predicted octanol–water partition coefficient (Wildman–Crippen LogP) is 6.47. The molecule has 0 aliphatic rings. The first-order valence-electron chi connectivity index (χ1n) is 8.49. The Bertz CT molecular complexity index is 1110. The molecule has 0 heterocycles. The van der Waals surface area contributed by atoms with Crippen LogP contribution < -0.4 is 0 Å². The molecule has 3 aromatic rings. The summed E-state index contributed by atoms with van der Waals surface area (Å²) >= 11 is 4.55. The molecule has 0 aliphatic carbocycles. The minimum absolute atomic E-state index is 0.321. The Balaban J connectivity index is 1.90. The Hall–Kier alpha value is -3.19. The van der Waals surface area contributed by atoms with Crippen LogP contribution in [0.5, 0.6) is 0 Å². The summed E-state index contributed by atoms with van der Waals surface area (Å²) in [6.45, 7) is 1.81. The SMILES string of the molecule is CCc1cc(F)c(C#Cc2ccc(-c3ccc(N=C=S)cc3)c(F)c2)c(F)c1. The Labute approximate surface area is 166 Å². The third kappa shape index (κ3) is 4.37. The molecule has 0 aromatic heterocycles. The molecule has 3 rings (SSSR count). The fraction of sp³-hybridized carbons (Fsp3) is 0.0870. The van der Waals surface area contributed by atoms with Gasteiger partial charge in [0.1, 0.15) is 17.5 Å². The molecule has 138 valence electrons. The molecule has 0 bridgehead atoms. The van der Waals surface area contributed by atoms with Gasteiger partial charge in [-0.2, -0.15) is 4.99 Å². The van der Waals surface area contributed by atoms with Crippen molar-refractivity contribution in [2.24, 2.45) is 4.99 Å². The van der Waals surface area contributed by atoms with Crippen LogP contribution in [0.25, 0.3) is 11.1 Å². The largest absolute Gasteiger partial charge is 0.206 e. The van der Waals surface area contributed by atoms with Crippen molar-refractivity contribution in [2.45, 2.75) is 13.3 Å². The van der Waals surface area contributed by atoms with Gasteiger partial charge in [-0.3, -0.25) is 0 Å². The highest BCUT2D eigenvalue weighted by Crippen LogP contribution is 2.26. The number of isothiocyanates is 1. The lowest BCUT2D eigenvalue weighted by Crippen LogP contribution is -1.94. The van der Waals surface area contributed by atoms with Gasteiger partial charge in [-0.1, -0.05) is 37.0 Å². The van der Waals surface area contributed by atoms with Gasteiger partial charge < -0.3 is 0 Å². The van der Waals surface area contributed by atoms with Crippen LogP contribution in [0.3, 0.4) is 0 Å². The zero-order valence-electron chi connectivity index (χ0n) is 14.9. The first-order chi connectivity index (χ1) is 13.5. The lowest BCUT2D eigenvalue weighted by Gasteiger charge is -2.04. The van der Waals surface area contributed by atoms with Gasteiger partial charge in [-0.15, -0.1) is 0 Å². The molecule has 0 fully saturated rings. The van der Waals surface area contributed by atoms with Crippen LogP contribution in [0.2, 0.25) is 0 Å². The fourth-order valence-electron chi connectivity index (χ4n) is 2.68. The second-order valence-electron chi connectivity index (χ2n) is 5.98. The number of benzene rings is 3. The van der Waals surface area contributed by atoms with Crippen LogP contribution >= 0.6 is 12.2 Å². The zero-order chi connectivity index (χ0) is 20.1. The maximum absolute atomic E-state index is 14.5. The summed E-state index contributed by atoms with van der Waals surface area (Å²) in [4.78, 5) is 3.85. The highest BCUT2D eigenvalue weighted by molar-refractivity contribution is 7.78. The molecular formula is C23H14F3NS. The summed E-state index contributed by atoms with van der Waals surface area (Å²) < 4.78 is 42.5. The molecule has 0 unspecified atom stereocenters. The van der Waals surface area contributed by atoms with Crippen molar-refractivity contribution < 1.29 is 13.2 Å². The number of thiocarbonyl (C=S) groups is 1. The van der Waals surface area contributed by atoms with Gasteiger partial charge in [0, 0.05) is 11.1 Å². The second-order valence-corrected chi connectivity index (χ2v) is 6.17. The maximum Gasteiger partial charge on any atom is 0.142 e. The van der Waals surface area contributed by atoms with Crippen molar-refractivity contribution in [3.63, 3.8) is 0 Å². The number of nitrogens with zero attached hydrogens (tertiary/aromatic N) is 1. The zero-order valence-corrected chi connectivity index (χ0v) is 15.7. The lowest BCUT2D eigenvalue weighted by molar-refractivity contribution is 0.574. The molecule has 28 heavy (non-hydrogen) atoms. The van der Waals surface area contributed by atoms with E-state index < -0.39 is 17.5 Å². The van der Waals surface area contributed by atoms with Gasteiger partial charge in [0.2, 0.25) is 0 Å². The molecule has 5 heteroatoms. The Morgan fingerprint density at radius 2 is 1.54 bits per heavy atom. The van der Waals surface area contributed by atoms with E-state index in [0.29, 0.717) is 34.4 Å². The van der Waals surface area contributed by atoms with E-state index in [2.05, 4.69) is 34.2 Å². The summed E-state index contributed by atoms with van der Waals surface area (Å²) in [7, 11) is 0. The molecule has 0 amide bonds. The van der Waals surface area contributed by atoms with E-state index in [9.17, 15) is 13.2 Å². The van der Waals surface area contributed by atoms with Crippen molar-refractivity contribution in [3.8, 4) is 23.0 Å². The quantitative estimate of drug-likeness (QED) is 0.282. The molecule has 0 aliphatic heterocycles. The average molecular weight is 393 g/mol. The van der Waals surface area contributed by atoms with E-state index in [1.165, 1.54) is 18.2 Å². The standard InChI is InChI=1S/C23H14F3NS/c1-2-15-11-22(25)20(23(26)12-15)10-4-16-3-9-19(21(24)13-16)17-5-7-18(8-6-17)27-14-28/h3,5-9,11-13H,2H2,1H3. The summed E-state index contributed by atoms with van der Waals surface area (Å²) in [5, 5.41) is 2.27. The van der Waals surface area contributed by atoms with Crippen molar-refractivity contribution >= 4 is 23.1 Å². The number of rotatable bonds is 3. The minimum atomic E-state index is -0.722. The molecule has 1 nitrogen and oxygen atoms in total. The summed E-state index contributed by atoms with van der Waals surface area (Å²) in [5.41, 5.74) is 2.22. The number of halogens is 3. The van der Waals surface area contributed by atoms with Crippen molar-refractivity contribution in [1.29, 1.82) is 0 Å². The van der Waals surface area contributed by atoms with Crippen LogP contribution in [-0.4, -0.2) is 5.16 Å². The number of aliphatic imine (C=N–C) groups is 1. The average Bonchev–Trinajstić information content (AvgIpc) is 2.68. The third-order valence-corrected chi connectivity index (χ3v) is 4.26. The summed E-state index contributed by atoms with van der Waals surface area (Å²) in [6, 6.07) is 13.8. The van der Waals surface area contributed by atoms with Gasteiger partial charge >= 0.3 is 0 Å². The Kier molecular flexibility index (Phi) is 6.06. The number of hydrogen-bond donors (Lipinski definition) is 0. The van der Waals surface area contributed by atoms with Crippen molar-refractivity contribution in [3.05, 3.63) is 88.7 Å². The van der Waals surface area contributed by atoms with E-state index in [-0.39, 0.29) is 5.56 Å². The van der Waals surface area contributed by atoms with Gasteiger partial charge in [-0.25, -0.2) is 13.2 Å². The molecule has 3 aromatic carbocycles. The van der Waals surface area contributed by atoms with Crippen LogP contribution in [0.15, 0.2) is 59.6 Å². The Morgan fingerprint density at radius 1 is 0.857 bits per heavy atom. The topological polar surface area (TPSA) is 12.4 Å². The van der Waals surface area contributed by atoms with Gasteiger partial charge in [-0.05, 0) is 66.2 Å². The molecule has 0 N–H and O–H groups in total. The molecule has 0 saturated heterocycles. The van der Waals surface area contributed by atoms with E-state index in [4.69, 9.17) is 0 Å². The van der Waals surface area contributed by atoms with Crippen molar-refractivity contribution in [1.82, 2.24) is 0 Å². The molecule has 0 atom stereocenters. The van der Waals surface area contributed by atoms with Crippen LogP contribution in [-0.2, 0) is 6.42 Å². The van der Waals surface area contributed by atoms with Gasteiger partial charge in [0.05, 0.1) is 16.4 Å². The van der Waals surface area contributed by atoms with Gasteiger partial charge in [0.15, 0.2) is 0 Å². The molecule has 0 spiro atoms. The van der Waals surface area contributed by atoms with E-state index in [1.54, 1.807) is 36.4 Å².